The van der Waals surface area contributed by atoms with Crippen LogP contribution in [0.25, 0.3) is 10.2 Å². The van der Waals surface area contributed by atoms with Crippen molar-refractivity contribution < 1.29 is 5.11 Å². The zero-order chi connectivity index (χ0) is 14.7. The molecule has 5 heteroatoms. The number of aliphatic hydroxyl groups is 1. The van der Waals surface area contributed by atoms with Gasteiger partial charge >= 0.3 is 0 Å². The fourth-order valence-corrected chi connectivity index (χ4v) is 4.32. The van der Waals surface area contributed by atoms with Gasteiger partial charge in [0.2, 0.25) is 0 Å². The largest absolute Gasteiger partial charge is 0.396 e. The van der Waals surface area contributed by atoms with E-state index in [1.165, 1.54) is 41.5 Å². The molecule has 1 aliphatic carbocycles. The van der Waals surface area contributed by atoms with E-state index in [1.807, 2.05) is 18.3 Å². The van der Waals surface area contributed by atoms with Crippen LogP contribution in [-0.4, -0.2) is 28.2 Å². The number of rotatable bonds is 6. The second-order valence-corrected chi connectivity index (χ2v) is 6.81. The van der Waals surface area contributed by atoms with Crippen LogP contribution < -0.4 is 5.32 Å². The van der Waals surface area contributed by atoms with E-state index in [4.69, 9.17) is 5.11 Å². The van der Waals surface area contributed by atoms with Gasteiger partial charge in [-0.05, 0) is 57.4 Å². The molecule has 0 aromatic carbocycles. The topological polar surface area (TPSA) is 58.0 Å². The highest BCUT2D eigenvalue weighted by atomic mass is 32.1. The smallest absolute Gasteiger partial charge is 0.138 e. The summed E-state index contributed by atoms with van der Waals surface area (Å²) in [6.45, 7) is 3.17. The molecule has 0 aliphatic heterocycles. The van der Waals surface area contributed by atoms with E-state index in [9.17, 15) is 0 Å². The Morgan fingerprint density at radius 2 is 2.00 bits per heavy atom. The van der Waals surface area contributed by atoms with E-state index in [1.54, 1.807) is 0 Å². The van der Waals surface area contributed by atoms with Crippen LogP contribution in [0.2, 0.25) is 0 Å². The van der Waals surface area contributed by atoms with Crippen molar-refractivity contribution in [3.8, 4) is 0 Å². The maximum absolute atomic E-state index is 8.83. The molecule has 2 N–H and O–H groups in total. The molecule has 0 spiro atoms. The van der Waals surface area contributed by atoms with Gasteiger partial charge < -0.3 is 10.4 Å². The summed E-state index contributed by atoms with van der Waals surface area (Å²) in [5.74, 6) is 1.86. The third kappa shape index (κ3) is 3.19. The number of aliphatic hydroxyl groups excluding tert-OH is 1. The van der Waals surface area contributed by atoms with Crippen molar-refractivity contribution in [2.45, 2.75) is 51.9 Å². The van der Waals surface area contributed by atoms with Crippen LogP contribution in [0.1, 0.15) is 48.4 Å². The summed E-state index contributed by atoms with van der Waals surface area (Å²) in [6, 6.07) is 0. The first kappa shape index (κ1) is 14.7. The number of unbranched alkanes of at least 4 members (excludes halogenated alkanes) is 2. The van der Waals surface area contributed by atoms with Gasteiger partial charge in [0.05, 0.1) is 5.39 Å². The number of hydrogen-bond donors (Lipinski definition) is 2. The second kappa shape index (κ2) is 6.71. The molecule has 0 saturated heterocycles. The fourth-order valence-electron chi connectivity index (χ4n) is 3.01. The first-order valence-electron chi connectivity index (χ1n) is 7.93. The molecule has 0 saturated carbocycles. The maximum atomic E-state index is 8.83. The average Bonchev–Trinajstić information content (AvgIpc) is 2.84. The molecule has 0 fully saturated rings. The number of fused-ring (bicyclic) bond motifs is 3. The van der Waals surface area contributed by atoms with Gasteiger partial charge in [-0.2, -0.15) is 0 Å². The van der Waals surface area contributed by atoms with Crippen molar-refractivity contribution in [1.82, 2.24) is 9.97 Å². The highest BCUT2D eigenvalue weighted by Gasteiger charge is 2.20. The molecule has 2 heterocycles. The Morgan fingerprint density at radius 3 is 2.86 bits per heavy atom. The summed E-state index contributed by atoms with van der Waals surface area (Å²) in [7, 11) is 0. The van der Waals surface area contributed by atoms with Crippen LogP contribution in [-0.2, 0) is 12.8 Å². The molecule has 1 aliphatic rings. The minimum absolute atomic E-state index is 0.287. The van der Waals surface area contributed by atoms with E-state index in [0.29, 0.717) is 0 Å². The lowest BCUT2D eigenvalue weighted by atomic mass is 9.97. The zero-order valence-electron chi connectivity index (χ0n) is 12.6. The van der Waals surface area contributed by atoms with Crippen LogP contribution in [0.4, 0.5) is 5.82 Å². The summed E-state index contributed by atoms with van der Waals surface area (Å²) >= 11 is 1.85. The Bertz CT molecular complexity index is 623. The first-order chi connectivity index (χ1) is 10.3. The van der Waals surface area contributed by atoms with Gasteiger partial charge in [0.15, 0.2) is 0 Å². The Balaban J connectivity index is 1.84. The Morgan fingerprint density at radius 1 is 1.14 bits per heavy atom. The van der Waals surface area contributed by atoms with Gasteiger partial charge in [0, 0.05) is 18.0 Å². The molecule has 3 rings (SSSR count). The van der Waals surface area contributed by atoms with Gasteiger partial charge in [-0.15, -0.1) is 11.3 Å². The molecule has 2 aromatic rings. The van der Waals surface area contributed by atoms with E-state index in [0.717, 1.165) is 42.3 Å². The summed E-state index contributed by atoms with van der Waals surface area (Å²) in [5, 5.41) is 13.6. The van der Waals surface area contributed by atoms with E-state index in [2.05, 4.69) is 15.3 Å². The lowest BCUT2D eigenvalue weighted by molar-refractivity contribution is 0.283. The molecular formula is C16H23N3OS. The van der Waals surface area contributed by atoms with Crippen molar-refractivity contribution in [2.75, 3.05) is 18.5 Å². The van der Waals surface area contributed by atoms with Gasteiger partial charge in [0.25, 0.3) is 0 Å². The van der Waals surface area contributed by atoms with Gasteiger partial charge in [-0.1, -0.05) is 0 Å². The molecule has 114 valence electrons. The minimum Gasteiger partial charge on any atom is -0.396 e. The number of aryl methyl sites for hydroxylation is 3. The molecular weight excluding hydrogens is 282 g/mol. The lowest BCUT2D eigenvalue weighted by Crippen LogP contribution is -2.07. The van der Waals surface area contributed by atoms with E-state index >= 15 is 0 Å². The Hall–Kier alpha value is -1.20. The molecule has 0 unspecified atom stereocenters. The lowest BCUT2D eigenvalue weighted by Gasteiger charge is -2.13. The SMILES string of the molecule is Cc1nc(NCCCCCO)c2c3c(sc2n1)CCCC3. The van der Waals surface area contributed by atoms with Crippen LogP contribution in [0.5, 0.6) is 0 Å². The molecule has 0 atom stereocenters. The van der Waals surface area contributed by atoms with Gasteiger partial charge in [0.1, 0.15) is 16.5 Å². The van der Waals surface area contributed by atoms with Crippen LogP contribution in [0, 0.1) is 6.92 Å². The van der Waals surface area contributed by atoms with E-state index < -0.39 is 0 Å². The van der Waals surface area contributed by atoms with Crippen LogP contribution >= 0.6 is 11.3 Å². The fraction of sp³-hybridized carbons (Fsp3) is 0.625. The minimum atomic E-state index is 0.287. The predicted molar refractivity (Wildman–Crippen MR) is 88.2 cm³/mol. The van der Waals surface area contributed by atoms with Crippen LogP contribution in [0.3, 0.4) is 0 Å². The summed E-state index contributed by atoms with van der Waals surface area (Å²) in [5.41, 5.74) is 1.49. The van der Waals surface area contributed by atoms with Crippen molar-refractivity contribution in [1.29, 1.82) is 0 Å². The summed E-state index contributed by atoms with van der Waals surface area (Å²) in [4.78, 5) is 11.9. The van der Waals surface area contributed by atoms with Gasteiger partial charge in [-0.3, -0.25) is 0 Å². The van der Waals surface area contributed by atoms with Gasteiger partial charge in [-0.25, -0.2) is 9.97 Å². The zero-order valence-corrected chi connectivity index (χ0v) is 13.4. The number of nitrogens with zero attached hydrogens (tertiary/aromatic N) is 2. The summed E-state index contributed by atoms with van der Waals surface area (Å²) < 4.78 is 0. The number of aromatic nitrogens is 2. The molecule has 21 heavy (non-hydrogen) atoms. The molecule has 2 aromatic heterocycles. The number of anilines is 1. The normalized spacial score (nSPS) is 14.4. The second-order valence-electron chi connectivity index (χ2n) is 5.72. The Labute approximate surface area is 129 Å². The summed E-state index contributed by atoms with van der Waals surface area (Å²) in [6.07, 6.45) is 7.95. The average molecular weight is 305 g/mol. The number of hydrogen-bond acceptors (Lipinski definition) is 5. The van der Waals surface area contributed by atoms with Crippen molar-refractivity contribution in [3.05, 3.63) is 16.3 Å². The quantitative estimate of drug-likeness (QED) is 0.803. The third-order valence-corrected chi connectivity index (χ3v) is 5.24. The molecule has 0 bridgehead atoms. The standard InChI is InChI=1S/C16H23N3OS/c1-11-18-15(17-9-5-2-6-10-20)14-12-7-3-4-8-13(12)21-16(14)19-11/h20H,2-10H2,1H3,(H,17,18,19). The van der Waals surface area contributed by atoms with E-state index in [-0.39, 0.29) is 6.61 Å². The van der Waals surface area contributed by atoms with Crippen LogP contribution in [0.15, 0.2) is 0 Å². The third-order valence-electron chi connectivity index (χ3n) is 4.05. The monoisotopic (exact) mass is 305 g/mol. The molecule has 0 amide bonds. The highest BCUT2D eigenvalue weighted by molar-refractivity contribution is 7.19. The first-order valence-corrected chi connectivity index (χ1v) is 8.75. The van der Waals surface area contributed by atoms with Crippen molar-refractivity contribution in [3.63, 3.8) is 0 Å². The Kier molecular flexibility index (Phi) is 4.70. The highest BCUT2D eigenvalue weighted by Crippen LogP contribution is 2.38. The predicted octanol–water partition coefficient (Wildman–Crippen LogP) is 3.45. The van der Waals surface area contributed by atoms with Crippen molar-refractivity contribution in [2.24, 2.45) is 0 Å². The number of thiophene rings is 1. The molecule has 4 nitrogen and oxygen atoms in total. The number of nitrogens with one attached hydrogen (secondary N) is 1. The van der Waals surface area contributed by atoms with Crippen molar-refractivity contribution >= 4 is 27.4 Å². The maximum Gasteiger partial charge on any atom is 0.138 e. The molecule has 0 radical (unpaired) electrons.